The fourth-order valence-electron chi connectivity index (χ4n) is 2.08. The van der Waals surface area contributed by atoms with Crippen LogP contribution in [-0.2, 0) is 11.1 Å². The van der Waals surface area contributed by atoms with Gasteiger partial charge in [0.25, 0.3) is 0 Å². The molecule has 1 rings (SSSR count). The predicted molar refractivity (Wildman–Crippen MR) is 90.2 cm³/mol. The van der Waals surface area contributed by atoms with E-state index in [9.17, 15) is 9.46 Å². The van der Waals surface area contributed by atoms with Gasteiger partial charge in [-0.1, -0.05) is 30.2 Å². The summed E-state index contributed by atoms with van der Waals surface area (Å²) in [5.74, 6) is 0. The first-order valence-corrected chi connectivity index (χ1v) is 9.90. The summed E-state index contributed by atoms with van der Waals surface area (Å²) < 4.78 is 11.9. The maximum absolute atomic E-state index is 11.9. The van der Waals surface area contributed by atoms with Crippen LogP contribution in [0.25, 0.3) is 0 Å². The highest BCUT2D eigenvalue weighted by atomic mass is 35.5. The van der Waals surface area contributed by atoms with E-state index in [0.29, 0.717) is 18.9 Å². The molecule has 6 heteroatoms. The largest absolute Gasteiger partial charge is 0.344 e. The first-order valence-electron chi connectivity index (χ1n) is 7.49. The second-order valence-electron chi connectivity index (χ2n) is 5.30. The summed E-state index contributed by atoms with van der Waals surface area (Å²) in [4.78, 5) is 9.84. The van der Waals surface area contributed by atoms with Crippen LogP contribution in [0.2, 0.25) is 5.02 Å². The van der Waals surface area contributed by atoms with E-state index in [1.54, 1.807) is 0 Å². The quantitative estimate of drug-likeness (QED) is 0.429. The Balaban J connectivity index is 2.09. The van der Waals surface area contributed by atoms with Crippen molar-refractivity contribution < 1.29 is 9.46 Å². The number of nitrogens with two attached hydrogens (primary N) is 1. The van der Waals surface area contributed by atoms with Crippen LogP contribution in [-0.4, -0.2) is 30.3 Å². The maximum atomic E-state index is 11.9. The third-order valence-corrected chi connectivity index (χ3v) is 5.60. The van der Waals surface area contributed by atoms with Gasteiger partial charge in [-0.25, -0.2) is 0 Å². The van der Waals surface area contributed by atoms with Crippen LogP contribution in [0.5, 0.6) is 0 Å². The molecule has 0 aliphatic carbocycles. The van der Waals surface area contributed by atoms with Gasteiger partial charge in [0.2, 0.25) is 7.37 Å². The Labute approximate surface area is 132 Å². The standard InChI is InChI=1S/C15H26ClN2O2P/c16-15-7-5-14(6-8-15)13-18-10-4-12-21(19,20)11-3-1-2-9-17/h5-8,18H,1-4,9-13,17H2,(H,19,20). The van der Waals surface area contributed by atoms with Crippen LogP contribution in [0.4, 0.5) is 0 Å². The third kappa shape index (κ3) is 9.28. The van der Waals surface area contributed by atoms with Crippen molar-refractivity contribution in [3.05, 3.63) is 34.9 Å². The number of halogens is 1. The number of hydrogen-bond donors (Lipinski definition) is 3. The second-order valence-corrected chi connectivity index (χ2v) is 8.32. The Morgan fingerprint density at radius 3 is 2.43 bits per heavy atom. The summed E-state index contributed by atoms with van der Waals surface area (Å²) in [5.41, 5.74) is 6.56. The Morgan fingerprint density at radius 1 is 1.10 bits per heavy atom. The molecule has 4 N–H and O–H groups in total. The molecule has 120 valence electrons. The monoisotopic (exact) mass is 332 g/mol. The summed E-state index contributed by atoms with van der Waals surface area (Å²) in [6.07, 6.45) is 4.20. The highest BCUT2D eigenvalue weighted by Gasteiger charge is 2.16. The maximum Gasteiger partial charge on any atom is 0.200 e. The van der Waals surface area contributed by atoms with Crippen LogP contribution in [0.1, 0.15) is 31.2 Å². The average Bonchev–Trinajstić information content (AvgIpc) is 2.45. The van der Waals surface area contributed by atoms with Crippen molar-refractivity contribution in [2.75, 3.05) is 25.4 Å². The molecule has 0 heterocycles. The minimum Gasteiger partial charge on any atom is -0.344 e. The minimum atomic E-state index is -2.95. The first-order chi connectivity index (χ1) is 10.0. The van der Waals surface area contributed by atoms with Gasteiger partial charge in [-0.05, 0) is 50.0 Å². The normalized spacial score (nSPS) is 14.0. The molecule has 1 atom stereocenters. The summed E-state index contributed by atoms with van der Waals surface area (Å²) >= 11 is 5.82. The van der Waals surface area contributed by atoms with Gasteiger partial charge in [-0.15, -0.1) is 0 Å². The van der Waals surface area contributed by atoms with E-state index in [-0.39, 0.29) is 0 Å². The van der Waals surface area contributed by atoms with Gasteiger partial charge in [0.15, 0.2) is 0 Å². The molecule has 0 aliphatic rings. The van der Waals surface area contributed by atoms with Crippen LogP contribution in [0.3, 0.4) is 0 Å². The van der Waals surface area contributed by atoms with Crippen molar-refractivity contribution in [3.63, 3.8) is 0 Å². The van der Waals surface area contributed by atoms with E-state index in [1.807, 2.05) is 24.3 Å². The predicted octanol–water partition coefficient (Wildman–Crippen LogP) is 3.22. The zero-order valence-electron chi connectivity index (χ0n) is 12.4. The van der Waals surface area contributed by atoms with E-state index in [4.69, 9.17) is 17.3 Å². The molecular formula is C15H26ClN2O2P. The summed E-state index contributed by atoms with van der Waals surface area (Å²) in [7, 11) is -2.95. The Bertz CT molecular complexity index is 440. The van der Waals surface area contributed by atoms with Crippen molar-refractivity contribution in [3.8, 4) is 0 Å². The topological polar surface area (TPSA) is 75.4 Å². The van der Waals surface area contributed by atoms with Crippen molar-refractivity contribution in [2.45, 2.75) is 32.2 Å². The lowest BCUT2D eigenvalue weighted by Crippen LogP contribution is -2.16. The Morgan fingerprint density at radius 2 is 1.76 bits per heavy atom. The molecule has 1 aromatic carbocycles. The van der Waals surface area contributed by atoms with Crippen molar-refractivity contribution >= 4 is 19.0 Å². The van der Waals surface area contributed by atoms with Crippen molar-refractivity contribution in [1.82, 2.24) is 5.32 Å². The van der Waals surface area contributed by atoms with E-state index in [2.05, 4.69) is 5.32 Å². The Kier molecular flexibility index (Phi) is 9.21. The van der Waals surface area contributed by atoms with Crippen molar-refractivity contribution in [2.24, 2.45) is 5.73 Å². The third-order valence-electron chi connectivity index (χ3n) is 3.32. The van der Waals surface area contributed by atoms with Gasteiger partial charge < -0.3 is 15.9 Å². The van der Waals surface area contributed by atoms with Crippen LogP contribution in [0.15, 0.2) is 24.3 Å². The lowest BCUT2D eigenvalue weighted by Gasteiger charge is -2.11. The lowest BCUT2D eigenvalue weighted by molar-refractivity contribution is 0.471. The molecule has 0 amide bonds. The second kappa shape index (κ2) is 10.4. The summed E-state index contributed by atoms with van der Waals surface area (Å²) in [6, 6.07) is 7.68. The number of rotatable bonds is 11. The van der Waals surface area contributed by atoms with Gasteiger partial charge in [0.05, 0.1) is 0 Å². The molecule has 1 unspecified atom stereocenters. The van der Waals surface area contributed by atoms with Crippen molar-refractivity contribution in [1.29, 1.82) is 0 Å². The number of nitrogens with one attached hydrogen (secondary N) is 1. The SMILES string of the molecule is NCCCCCP(=O)(O)CCCNCc1ccc(Cl)cc1. The lowest BCUT2D eigenvalue weighted by atomic mass is 10.2. The van der Waals surface area contributed by atoms with Gasteiger partial charge in [-0.3, -0.25) is 4.57 Å². The molecule has 0 aliphatic heterocycles. The smallest absolute Gasteiger partial charge is 0.200 e. The molecule has 4 nitrogen and oxygen atoms in total. The minimum absolute atomic E-state index is 0.392. The molecule has 0 radical (unpaired) electrons. The number of benzene rings is 1. The fourth-order valence-corrected chi connectivity index (χ4v) is 3.80. The molecule has 0 bridgehead atoms. The van der Waals surface area contributed by atoms with E-state index in [0.717, 1.165) is 49.4 Å². The zero-order chi connectivity index (χ0) is 15.6. The van der Waals surface area contributed by atoms with Crippen LogP contribution < -0.4 is 11.1 Å². The molecule has 1 aromatic rings. The zero-order valence-corrected chi connectivity index (χ0v) is 14.1. The van der Waals surface area contributed by atoms with Crippen LogP contribution >= 0.6 is 19.0 Å². The molecule has 0 aromatic heterocycles. The van der Waals surface area contributed by atoms with Gasteiger partial charge in [0.1, 0.15) is 0 Å². The number of hydrogen-bond acceptors (Lipinski definition) is 3. The molecule has 0 saturated heterocycles. The highest BCUT2D eigenvalue weighted by molar-refractivity contribution is 7.57. The first kappa shape index (κ1) is 18.7. The summed E-state index contributed by atoms with van der Waals surface area (Å²) in [5, 5.41) is 4.01. The van der Waals surface area contributed by atoms with Gasteiger partial charge in [-0.2, -0.15) is 0 Å². The number of unbranched alkanes of at least 4 members (excludes halogenated alkanes) is 2. The molecular weight excluding hydrogens is 307 g/mol. The van der Waals surface area contributed by atoms with Gasteiger partial charge >= 0.3 is 0 Å². The highest BCUT2D eigenvalue weighted by Crippen LogP contribution is 2.41. The molecule has 0 saturated carbocycles. The fraction of sp³-hybridized carbons (Fsp3) is 0.600. The Hall–Kier alpha value is -0.380. The van der Waals surface area contributed by atoms with E-state index < -0.39 is 7.37 Å². The van der Waals surface area contributed by atoms with E-state index in [1.165, 1.54) is 0 Å². The molecule has 0 fully saturated rings. The molecule has 21 heavy (non-hydrogen) atoms. The molecule has 0 spiro atoms. The average molecular weight is 333 g/mol. The van der Waals surface area contributed by atoms with Gasteiger partial charge in [0, 0.05) is 23.9 Å². The van der Waals surface area contributed by atoms with Crippen LogP contribution in [0, 0.1) is 0 Å². The summed E-state index contributed by atoms with van der Waals surface area (Å²) in [6.45, 7) is 2.16. The van der Waals surface area contributed by atoms with E-state index >= 15 is 0 Å².